The number of methoxy groups -OCH3 is 1. The fourth-order valence-electron chi connectivity index (χ4n) is 3.71. The van der Waals surface area contributed by atoms with Gasteiger partial charge in [0.1, 0.15) is 5.82 Å². The van der Waals surface area contributed by atoms with E-state index in [1.54, 1.807) is 30.1 Å². The number of halogens is 1. The Hall–Kier alpha value is -2.25. The summed E-state index contributed by atoms with van der Waals surface area (Å²) in [5.41, 5.74) is 2.07. The molecule has 1 fully saturated rings. The van der Waals surface area contributed by atoms with Crippen molar-refractivity contribution in [2.24, 2.45) is 5.41 Å². The molecule has 1 aliphatic rings. The highest BCUT2D eigenvalue weighted by Gasteiger charge is 2.33. The Kier molecular flexibility index (Phi) is 6.23. The van der Waals surface area contributed by atoms with Crippen LogP contribution in [-0.4, -0.2) is 49.0 Å². The van der Waals surface area contributed by atoms with Crippen LogP contribution in [0, 0.1) is 11.2 Å². The van der Waals surface area contributed by atoms with Gasteiger partial charge in [-0.1, -0.05) is 6.92 Å². The molecule has 1 amide bonds. The molecule has 2 N–H and O–H groups in total. The first kappa shape index (κ1) is 19.5. The minimum absolute atomic E-state index is 0.0327. The SMILES string of the molecule is CCc1c(C(=O)NCC2(COC)CCNCC2)cnn1-c1ccc(F)cc1. The van der Waals surface area contributed by atoms with Gasteiger partial charge >= 0.3 is 0 Å². The number of nitrogens with one attached hydrogen (secondary N) is 2. The maximum atomic E-state index is 13.2. The van der Waals surface area contributed by atoms with Gasteiger partial charge in [0, 0.05) is 19.1 Å². The van der Waals surface area contributed by atoms with Crippen molar-refractivity contribution in [3.8, 4) is 5.69 Å². The molecule has 0 bridgehead atoms. The lowest BCUT2D eigenvalue weighted by Gasteiger charge is -2.37. The number of piperidine rings is 1. The minimum Gasteiger partial charge on any atom is -0.384 e. The van der Waals surface area contributed by atoms with Gasteiger partial charge < -0.3 is 15.4 Å². The van der Waals surface area contributed by atoms with E-state index in [0.29, 0.717) is 25.1 Å². The molecule has 146 valence electrons. The highest BCUT2D eigenvalue weighted by molar-refractivity contribution is 5.95. The zero-order valence-corrected chi connectivity index (χ0v) is 15.9. The summed E-state index contributed by atoms with van der Waals surface area (Å²) in [6.45, 7) is 5.05. The number of rotatable bonds is 7. The molecule has 2 heterocycles. The number of nitrogens with zero attached hydrogens (tertiary/aromatic N) is 2. The molecule has 1 aromatic carbocycles. The first-order valence-electron chi connectivity index (χ1n) is 9.39. The van der Waals surface area contributed by atoms with Crippen LogP contribution in [0.3, 0.4) is 0 Å². The van der Waals surface area contributed by atoms with Gasteiger partial charge in [-0.2, -0.15) is 5.10 Å². The van der Waals surface area contributed by atoms with E-state index >= 15 is 0 Å². The summed E-state index contributed by atoms with van der Waals surface area (Å²) in [5, 5.41) is 10.8. The minimum atomic E-state index is -0.299. The van der Waals surface area contributed by atoms with E-state index in [-0.39, 0.29) is 17.1 Å². The van der Waals surface area contributed by atoms with Crippen LogP contribution >= 0.6 is 0 Å². The lowest BCUT2D eigenvalue weighted by atomic mass is 9.79. The summed E-state index contributed by atoms with van der Waals surface area (Å²) in [4.78, 5) is 12.8. The third-order valence-electron chi connectivity index (χ3n) is 5.26. The molecule has 2 aromatic rings. The van der Waals surface area contributed by atoms with Crippen molar-refractivity contribution in [2.45, 2.75) is 26.2 Å². The van der Waals surface area contributed by atoms with Crippen LogP contribution in [0.2, 0.25) is 0 Å². The lowest BCUT2D eigenvalue weighted by Crippen LogP contribution is -2.47. The second kappa shape index (κ2) is 8.63. The molecule has 0 unspecified atom stereocenters. The van der Waals surface area contributed by atoms with Crippen molar-refractivity contribution in [3.05, 3.63) is 47.5 Å². The summed E-state index contributed by atoms with van der Waals surface area (Å²) in [6, 6.07) is 6.10. The smallest absolute Gasteiger partial charge is 0.254 e. The molecule has 0 radical (unpaired) electrons. The molecule has 0 aliphatic carbocycles. The van der Waals surface area contributed by atoms with Crippen LogP contribution in [0.4, 0.5) is 4.39 Å². The molecular weight excluding hydrogens is 347 g/mol. The molecule has 6 nitrogen and oxygen atoms in total. The lowest BCUT2D eigenvalue weighted by molar-refractivity contribution is 0.0511. The summed E-state index contributed by atoms with van der Waals surface area (Å²) in [6.07, 6.45) is 4.17. The van der Waals surface area contributed by atoms with Crippen molar-refractivity contribution in [2.75, 3.05) is 33.4 Å². The fraction of sp³-hybridized carbons (Fsp3) is 0.500. The summed E-state index contributed by atoms with van der Waals surface area (Å²) in [7, 11) is 1.70. The first-order chi connectivity index (χ1) is 13.1. The Morgan fingerprint density at radius 2 is 2.04 bits per heavy atom. The summed E-state index contributed by atoms with van der Waals surface area (Å²) >= 11 is 0. The van der Waals surface area contributed by atoms with Crippen LogP contribution in [0.15, 0.2) is 30.5 Å². The average molecular weight is 374 g/mol. The standard InChI is InChI=1S/C20H27FN4O2/c1-3-18-17(12-24-25(18)16-6-4-15(21)5-7-16)19(26)23-13-20(14-27-2)8-10-22-11-9-20/h4-7,12,22H,3,8-11,13-14H2,1-2H3,(H,23,26). The predicted octanol–water partition coefficient (Wildman–Crippen LogP) is 2.32. The topological polar surface area (TPSA) is 68.2 Å². The highest BCUT2D eigenvalue weighted by Crippen LogP contribution is 2.28. The number of benzene rings is 1. The molecular formula is C20H27FN4O2. The van der Waals surface area contributed by atoms with Gasteiger partial charge in [0.2, 0.25) is 0 Å². The molecule has 0 atom stereocenters. The average Bonchev–Trinajstić information content (AvgIpc) is 3.12. The molecule has 0 saturated carbocycles. The number of hydrogen-bond acceptors (Lipinski definition) is 4. The first-order valence-corrected chi connectivity index (χ1v) is 9.39. The molecule has 27 heavy (non-hydrogen) atoms. The van der Waals surface area contributed by atoms with Crippen LogP contribution in [-0.2, 0) is 11.2 Å². The van der Waals surface area contributed by atoms with Gasteiger partial charge in [-0.3, -0.25) is 4.79 Å². The van der Waals surface area contributed by atoms with Gasteiger partial charge in [0.15, 0.2) is 0 Å². The zero-order chi connectivity index (χ0) is 19.3. The number of hydrogen-bond donors (Lipinski definition) is 2. The summed E-state index contributed by atoms with van der Waals surface area (Å²) in [5.74, 6) is -0.429. The van der Waals surface area contributed by atoms with E-state index in [4.69, 9.17) is 4.74 Å². The Labute approximate surface area is 159 Å². The summed E-state index contributed by atoms with van der Waals surface area (Å²) < 4.78 is 20.3. The van der Waals surface area contributed by atoms with Crippen LogP contribution in [0.1, 0.15) is 35.8 Å². The van der Waals surface area contributed by atoms with Crippen molar-refractivity contribution in [3.63, 3.8) is 0 Å². The number of ether oxygens (including phenoxy) is 1. The fourth-order valence-corrected chi connectivity index (χ4v) is 3.71. The van der Waals surface area contributed by atoms with Crippen molar-refractivity contribution >= 4 is 5.91 Å². The molecule has 3 rings (SSSR count). The monoisotopic (exact) mass is 374 g/mol. The van der Waals surface area contributed by atoms with Gasteiger partial charge in [-0.05, 0) is 56.6 Å². The molecule has 7 heteroatoms. The van der Waals surface area contributed by atoms with Gasteiger partial charge in [-0.15, -0.1) is 0 Å². The van der Waals surface area contributed by atoms with E-state index in [9.17, 15) is 9.18 Å². The Morgan fingerprint density at radius 3 is 2.67 bits per heavy atom. The third-order valence-corrected chi connectivity index (χ3v) is 5.26. The second-order valence-corrected chi connectivity index (χ2v) is 7.11. The molecule has 1 aromatic heterocycles. The second-order valence-electron chi connectivity index (χ2n) is 7.11. The van der Waals surface area contributed by atoms with Gasteiger partial charge in [0.05, 0.1) is 29.7 Å². The van der Waals surface area contributed by atoms with Crippen molar-refractivity contribution in [1.29, 1.82) is 0 Å². The quantitative estimate of drug-likeness (QED) is 0.781. The van der Waals surface area contributed by atoms with Crippen molar-refractivity contribution < 1.29 is 13.9 Å². The van der Waals surface area contributed by atoms with E-state index in [0.717, 1.165) is 37.3 Å². The van der Waals surface area contributed by atoms with E-state index in [2.05, 4.69) is 15.7 Å². The van der Waals surface area contributed by atoms with Gasteiger partial charge in [0.25, 0.3) is 5.91 Å². The molecule has 0 spiro atoms. The Morgan fingerprint density at radius 1 is 1.33 bits per heavy atom. The third kappa shape index (κ3) is 4.36. The van der Waals surface area contributed by atoms with Crippen molar-refractivity contribution in [1.82, 2.24) is 20.4 Å². The maximum Gasteiger partial charge on any atom is 0.254 e. The van der Waals surface area contributed by atoms with Crippen LogP contribution in [0.5, 0.6) is 0 Å². The normalized spacial score (nSPS) is 16.3. The van der Waals surface area contributed by atoms with E-state index in [1.165, 1.54) is 12.1 Å². The van der Waals surface area contributed by atoms with Crippen LogP contribution < -0.4 is 10.6 Å². The maximum absolute atomic E-state index is 13.2. The Bertz CT molecular complexity index is 761. The van der Waals surface area contributed by atoms with E-state index < -0.39 is 0 Å². The van der Waals surface area contributed by atoms with E-state index in [1.807, 2.05) is 6.92 Å². The number of carbonyl (C=O) groups is 1. The number of amides is 1. The highest BCUT2D eigenvalue weighted by atomic mass is 19.1. The predicted molar refractivity (Wildman–Crippen MR) is 102 cm³/mol. The molecule has 1 saturated heterocycles. The largest absolute Gasteiger partial charge is 0.384 e. The molecule has 1 aliphatic heterocycles. The Balaban J connectivity index is 1.75. The van der Waals surface area contributed by atoms with Gasteiger partial charge in [-0.25, -0.2) is 9.07 Å². The number of aromatic nitrogens is 2. The van der Waals surface area contributed by atoms with Crippen LogP contribution in [0.25, 0.3) is 5.69 Å². The zero-order valence-electron chi connectivity index (χ0n) is 15.9. The number of carbonyl (C=O) groups excluding carboxylic acids is 1.